The van der Waals surface area contributed by atoms with Crippen molar-refractivity contribution in [3.8, 4) is 0 Å². The van der Waals surface area contributed by atoms with E-state index in [0.717, 1.165) is 0 Å². The van der Waals surface area contributed by atoms with Crippen molar-refractivity contribution in [2.24, 2.45) is 0 Å². The third-order valence-corrected chi connectivity index (χ3v) is 24.3. The molecule has 0 saturated carbocycles. The second-order valence-electron chi connectivity index (χ2n) is 12.8. The molecular weight excluding hydrogens is 559 g/mol. The van der Waals surface area contributed by atoms with Gasteiger partial charge in [0.15, 0.2) is 0 Å². The minimum Gasteiger partial charge on any atom is -1.00 e. The van der Waals surface area contributed by atoms with E-state index in [-0.39, 0.29) is 44.0 Å². The number of rotatable bonds is 16. The van der Waals surface area contributed by atoms with E-state index in [9.17, 15) is 0 Å². The average Bonchev–Trinajstić information content (AvgIpc) is 3.41. The molecule has 2 saturated heterocycles. The molecular formula is C32H54Cl2Si2Ti. The monoisotopic (exact) mass is 612 g/mol. The van der Waals surface area contributed by atoms with Gasteiger partial charge in [0.1, 0.15) is 0 Å². The molecule has 2 aliphatic heterocycles. The van der Waals surface area contributed by atoms with E-state index in [4.69, 9.17) is 0 Å². The van der Waals surface area contributed by atoms with Gasteiger partial charge in [-0.05, 0) is 0 Å². The molecule has 2 heterocycles. The molecule has 0 amide bonds. The first-order valence-electron chi connectivity index (χ1n) is 15.6. The predicted octanol–water partition coefficient (Wildman–Crippen LogP) is 5.15. The smallest absolute Gasteiger partial charge is 1.00 e. The van der Waals surface area contributed by atoms with Crippen molar-refractivity contribution in [3.63, 3.8) is 0 Å². The van der Waals surface area contributed by atoms with E-state index in [0.29, 0.717) is 7.44 Å². The third kappa shape index (κ3) is 7.51. The molecule has 208 valence electrons. The molecule has 0 aromatic rings. The molecule has 0 radical (unpaired) electrons. The van der Waals surface area contributed by atoms with Crippen molar-refractivity contribution in [2.75, 3.05) is 0 Å². The van der Waals surface area contributed by atoms with Crippen LogP contribution in [-0.4, -0.2) is 16.1 Å². The molecule has 4 rings (SSSR count). The van der Waals surface area contributed by atoms with Crippen LogP contribution in [0.2, 0.25) is 43.7 Å². The number of unbranched alkanes of at least 4 members (excludes halogenated alkanes) is 4. The van der Waals surface area contributed by atoms with Crippen molar-refractivity contribution in [3.05, 3.63) is 46.8 Å². The van der Waals surface area contributed by atoms with Gasteiger partial charge in [0.2, 0.25) is 0 Å². The minimum absolute atomic E-state index is 0. The van der Waals surface area contributed by atoms with Gasteiger partial charge in [-0.25, -0.2) is 0 Å². The standard InChI is InChI=1S/2C16H27Si.2ClH.Ti/c2*1-3-5-8-15-9-10-16(14-15)17(11-6-4-2)12-7-13-17;;;/h2*9-10,14H,3-8,11-13H2,1-2H3;2*1H;/q;;;;+2/p-2. The Bertz CT molecular complexity index is 772. The van der Waals surface area contributed by atoms with Gasteiger partial charge in [-0.2, -0.15) is 0 Å². The second-order valence-corrected chi connectivity index (χ2v) is 25.3. The van der Waals surface area contributed by atoms with Gasteiger partial charge >= 0.3 is 231 Å². The van der Waals surface area contributed by atoms with Gasteiger partial charge in [-0.15, -0.1) is 0 Å². The largest absolute Gasteiger partial charge is 1.00 e. The summed E-state index contributed by atoms with van der Waals surface area (Å²) in [6, 6.07) is 9.49. The van der Waals surface area contributed by atoms with Crippen LogP contribution in [0.15, 0.2) is 46.8 Å². The maximum atomic E-state index is 2.95. The van der Waals surface area contributed by atoms with E-state index in [1.165, 1.54) is 77.0 Å². The summed E-state index contributed by atoms with van der Waals surface area (Å²) in [6.45, 7) is 9.59. The molecule has 37 heavy (non-hydrogen) atoms. The molecule has 2 unspecified atom stereocenters. The molecule has 0 aromatic heterocycles. The number of allylic oxidation sites excluding steroid dienone is 8. The quantitative estimate of drug-likeness (QED) is 0.211. The average molecular weight is 614 g/mol. The first-order chi connectivity index (χ1) is 17.0. The van der Waals surface area contributed by atoms with Crippen LogP contribution in [0.5, 0.6) is 0 Å². The molecule has 0 spiro atoms. The summed E-state index contributed by atoms with van der Waals surface area (Å²) in [4.78, 5) is 0. The summed E-state index contributed by atoms with van der Waals surface area (Å²) < 4.78 is 0.879. The summed E-state index contributed by atoms with van der Waals surface area (Å²) in [7, 11) is -2.30. The van der Waals surface area contributed by atoms with E-state index in [1.807, 2.05) is 10.4 Å². The van der Waals surface area contributed by atoms with Crippen LogP contribution in [0.3, 0.4) is 0 Å². The van der Waals surface area contributed by atoms with Gasteiger partial charge in [0, 0.05) is 0 Å². The van der Waals surface area contributed by atoms with E-state index < -0.39 is 16.1 Å². The van der Waals surface area contributed by atoms with Crippen molar-refractivity contribution < 1.29 is 44.0 Å². The van der Waals surface area contributed by atoms with Crippen molar-refractivity contribution in [2.45, 2.75) is 148 Å². The fourth-order valence-electron chi connectivity index (χ4n) is 7.45. The molecule has 5 heteroatoms. The zero-order chi connectivity index (χ0) is 24.8. The van der Waals surface area contributed by atoms with Crippen LogP contribution in [0.1, 0.15) is 105 Å². The Morgan fingerprint density at radius 2 is 1.00 bits per heavy atom. The van der Waals surface area contributed by atoms with Crippen LogP contribution in [0.25, 0.3) is 0 Å². The Morgan fingerprint density at radius 1 is 0.622 bits per heavy atom. The number of hydrogen-bond donors (Lipinski definition) is 0. The summed E-state index contributed by atoms with van der Waals surface area (Å²) in [5.41, 5.74) is 0. The molecule has 0 N–H and O–H groups in total. The predicted molar refractivity (Wildman–Crippen MR) is 158 cm³/mol. The molecule has 4 aliphatic rings. The Hall–Kier alpha value is 0.688. The topological polar surface area (TPSA) is 0 Å². The molecule has 0 nitrogen and oxygen atoms in total. The van der Waals surface area contributed by atoms with Crippen LogP contribution in [0.4, 0.5) is 0 Å². The summed E-state index contributed by atoms with van der Waals surface area (Å²) in [5.74, 6) is 0. The van der Waals surface area contributed by atoms with Gasteiger partial charge < -0.3 is 24.8 Å². The second kappa shape index (κ2) is 15.1. The maximum absolute atomic E-state index is 2.95. The summed E-state index contributed by atoms with van der Waals surface area (Å²) >= 11 is -0.187. The maximum Gasteiger partial charge on any atom is -1.00 e. The zero-order valence-electron chi connectivity index (χ0n) is 24.4. The van der Waals surface area contributed by atoms with Gasteiger partial charge in [0.05, 0.1) is 0 Å². The molecule has 2 atom stereocenters. The SMILES string of the molecule is CCCC[C]1([Ti+2][C]2(CCCC)C=CC([Si]3(CCCC)CCC3)=C2)C=CC([Si]2(CCCC)CCC2)=C1.[Cl-].[Cl-]. The van der Waals surface area contributed by atoms with E-state index >= 15 is 0 Å². The van der Waals surface area contributed by atoms with Crippen LogP contribution in [0, 0.1) is 0 Å². The normalized spacial score (nSPS) is 28.3. The van der Waals surface area contributed by atoms with Crippen molar-refractivity contribution in [1.82, 2.24) is 0 Å². The Kier molecular flexibility index (Phi) is 13.8. The number of halogens is 2. The fourth-order valence-corrected chi connectivity index (χ4v) is 20.6. The Labute approximate surface area is 253 Å². The minimum atomic E-state index is -1.15. The van der Waals surface area contributed by atoms with Gasteiger partial charge in [0.25, 0.3) is 0 Å². The van der Waals surface area contributed by atoms with Crippen LogP contribution in [-0.2, 0) is 19.2 Å². The molecule has 2 fully saturated rings. The summed E-state index contributed by atoms with van der Waals surface area (Å²) in [6.07, 6.45) is 33.9. The fraction of sp³-hybridized carbons (Fsp3) is 0.750. The van der Waals surface area contributed by atoms with Gasteiger partial charge in [-0.1, -0.05) is 0 Å². The Balaban J connectivity index is 0.00000241. The van der Waals surface area contributed by atoms with E-state index in [2.05, 4.69) is 64.2 Å². The first kappa shape index (κ1) is 33.9. The molecule has 0 aromatic carbocycles. The van der Waals surface area contributed by atoms with E-state index in [1.54, 1.807) is 36.3 Å². The summed E-state index contributed by atoms with van der Waals surface area (Å²) in [5, 5.41) is 3.81. The zero-order valence-corrected chi connectivity index (χ0v) is 29.5. The van der Waals surface area contributed by atoms with Crippen molar-refractivity contribution in [1.29, 1.82) is 0 Å². The molecule has 2 aliphatic carbocycles. The van der Waals surface area contributed by atoms with Crippen LogP contribution < -0.4 is 24.8 Å². The number of hydrogen-bond acceptors (Lipinski definition) is 0. The molecule has 0 bridgehead atoms. The van der Waals surface area contributed by atoms with Crippen LogP contribution >= 0.6 is 0 Å². The Morgan fingerprint density at radius 3 is 1.30 bits per heavy atom. The van der Waals surface area contributed by atoms with Gasteiger partial charge in [-0.3, -0.25) is 0 Å². The first-order valence-corrected chi connectivity index (χ1v) is 22.4. The third-order valence-electron chi connectivity index (χ3n) is 10.2. The van der Waals surface area contributed by atoms with Crippen molar-refractivity contribution >= 4 is 16.1 Å².